The summed E-state index contributed by atoms with van der Waals surface area (Å²) in [5.41, 5.74) is 0. The van der Waals surface area contributed by atoms with Gasteiger partial charge in [0.25, 0.3) is 6.48 Å². The van der Waals surface area contributed by atoms with Crippen molar-refractivity contribution in [1.29, 1.82) is 0 Å². The zero-order chi connectivity index (χ0) is 35.8. The summed E-state index contributed by atoms with van der Waals surface area (Å²) in [5.74, 6) is 0.524. The van der Waals surface area contributed by atoms with Crippen LogP contribution < -0.4 is 0 Å². The van der Waals surface area contributed by atoms with Crippen LogP contribution in [0.25, 0.3) is 0 Å². The molecule has 3 N–H and O–H groups in total. The molecule has 4 bridgehead atoms. The van der Waals surface area contributed by atoms with Crippen LogP contribution >= 0.6 is 0 Å². The topological polar surface area (TPSA) is 135 Å². The van der Waals surface area contributed by atoms with Gasteiger partial charge in [0, 0.05) is 24.2 Å². The van der Waals surface area contributed by atoms with Crippen molar-refractivity contribution in [2.45, 2.75) is 146 Å². The van der Waals surface area contributed by atoms with Gasteiger partial charge in [-0.25, -0.2) is 0 Å². The molecule has 3 aliphatic rings. The van der Waals surface area contributed by atoms with Crippen molar-refractivity contribution in [3.8, 4) is 0 Å². The third-order valence-electron chi connectivity index (χ3n) is 7.99. The van der Waals surface area contributed by atoms with Crippen molar-refractivity contribution in [2.24, 2.45) is 41.4 Å². The Morgan fingerprint density at radius 1 is 0.447 bits per heavy atom. The number of rotatable bonds is 14. The average Bonchev–Trinajstić information content (AvgIpc) is 2.75. The lowest BCUT2D eigenvalue weighted by atomic mass is 10.3. The van der Waals surface area contributed by atoms with Gasteiger partial charge in [0.15, 0.2) is 7.83 Å². The van der Waals surface area contributed by atoms with E-state index in [4.69, 9.17) is 33.9 Å². The molecule has 0 spiro atoms. The second-order valence-electron chi connectivity index (χ2n) is 17.1. The number of hydrogen-bond donors (Lipinski definition) is 3. The molecule has 3 saturated heterocycles. The first-order chi connectivity index (χ1) is 21.4. The molecule has 277 valence electrons. The third-order valence-corrected chi connectivity index (χ3v) is 50.7. The lowest BCUT2D eigenvalue weighted by molar-refractivity contribution is -0.211. The summed E-state index contributed by atoms with van der Waals surface area (Å²) in [7, 11) is -25.8. The smallest absolute Gasteiger partial charge is 0.414 e. The summed E-state index contributed by atoms with van der Waals surface area (Å²) in [6, 6.07) is 2.75. The Kier molecular flexibility index (Phi) is 14.5. The van der Waals surface area contributed by atoms with E-state index in [0.29, 0.717) is 30.2 Å². The average molecular weight is 788 g/mol. The normalized spacial score (nSPS) is 38.9. The molecule has 11 nitrogen and oxygen atoms in total. The molecule has 0 aliphatic carbocycles. The van der Waals surface area contributed by atoms with Crippen molar-refractivity contribution in [2.75, 3.05) is 0 Å². The van der Waals surface area contributed by atoms with Crippen LogP contribution in [-0.4, -0.2) is 80.1 Å². The first-order valence-electron chi connectivity index (χ1n) is 17.9. The van der Waals surface area contributed by atoms with Crippen molar-refractivity contribution < 1.29 is 48.2 Å². The van der Waals surface area contributed by atoms with Crippen LogP contribution in [0.2, 0.25) is 42.3 Å². The van der Waals surface area contributed by atoms with Gasteiger partial charge in [0.1, 0.15) is 0 Å². The van der Waals surface area contributed by atoms with Gasteiger partial charge < -0.3 is 48.2 Å². The van der Waals surface area contributed by atoms with Crippen LogP contribution in [0, 0.1) is 41.4 Å². The maximum Gasteiger partial charge on any atom is 0.490 e. The number of fused-ring (bicyclic) bond motifs is 3. The highest BCUT2D eigenvalue weighted by atomic mass is 29.6. The molecule has 3 heterocycles. The SMILES string of the molecule is CC(C)C[Si]1[Si](O)(CC(C)C)O[Si]2(CC(C)C)OC3O[Si](CC(C)C)(O[Si](O)(CC(C)C)O2)O[Si](O)(CC(C)C)O[Si]1(CC(C)C)O3. The first-order valence-corrected chi connectivity index (χ1v) is 33.5. The van der Waals surface area contributed by atoms with Crippen molar-refractivity contribution in [3.05, 3.63) is 0 Å². The van der Waals surface area contributed by atoms with Crippen LogP contribution in [0.1, 0.15) is 96.9 Å². The monoisotopic (exact) mass is 787 g/mol. The maximum atomic E-state index is 13.3. The largest absolute Gasteiger partial charge is 0.490 e. The van der Waals surface area contributed by atoms with Gasteiger partial charge in [-0.05, 0) is 53.5 Å². The van der Waals surface area contributed by atoms with Gasteiger partial charge in [0.05, 0.1) is 0 Å². The molecule has 18 heteroatoms. The van der Waals surface area contributed by atoms with Gasteiger partial charge in [0.2, 0.25) is 0 Å². The predicted molar refractivity (Wildman–Crippen MR) is 197 cm³/mol. The zero-order valence-electron chi connectivity index (χ0n) is 31.7. The second-order valence-corrected chi connectivity index (χ2v) is 44.2. The minimum atomic E-state index is -4.21. The van der Waals surface area contributed by atoms with E-state index in [2.05, 4.69) is 55.4 Å². The lowest BCUT2D eigenvalue weighted by Gasteiger charge is -2.57. The lowest BCUT2D eigenvalue weighted by Crippen LogP contribution is -2.83. The summed E-state index contributed by atoms with van der Waals surface area (Å²) in [6.07, 6.45) is 0. The fraction of sp³-hybridized carbons (Fsp3) is 1.00. The Labute approximate surface area is 293 Å². The van der Waals surface area contributed by atoms with Crippen molar-refractivity contribution >= 4 is 59.2 Å². The van der Waals surface area contributed by atoms with Gasteiger partial charge >= 0.3 is 51.4 Å². The molecule has 7 atom stereocenters. The molecule has 47 heavy (non-hydrogen) atoms. The van der Waals surface area contributed by atoms with Crippen LogP contribution in [0.5, 0.6) is 0 Å². The summed E-state index contributed by atoms with van der Waals surface area (Å²) < 4.78 is 56.4. The first kappa shape index (κ1) is 42.5. The fourth-order valence-electron chi connectivity index (χ4n) is 7.11. The highest BCUT2D eigenvalue weighted by molar-refractivity contribution is 7.56. The minimum absolute atomic E-state index is 0.00282. The van der Waals surface area contributed by atoms with E-state index in [0.717, 1.165) is 0 Å². The summed E-state index contributed by atoms with van der Waals surface area (Å²) in [5, 5.41) is 0. The minimum Gasteiger partial charge on any atom is -0.414 e. The molecular weight excluding hydrogens is 721 g/mol. The van der Waals surface area contributed by atoms with Gasteiger partial charge in [-0.3, -0.25) is 0 Å². The molecule has 3 fully saturated rings. The molecule has 0 saturated carbocycles. The predicted octanol–water partition coefficient (Wildman–Crippen LogP) is 6.30. The maximum absolute atomic E-state index is 13.3. The molecule has 0 amide bonds. The van der Waals surface area contributed by atoms with E-state index in [9.17, 15) is 14.4 Å². The van der Waals surface area contributed by atoms with Crippen LogP contribution in [0.3, 0.4) is 0 Å². The third kappa shape index (κ3) is 11.3. The van der Waals surface area contributed by atoms with E-state index in [1.807, 2.05) is 41.5 Å². The fourth-order valence-corrected chi connectivity index (χ4v) is 61.5. The van der Waals surface area contributed by atoms with E-state index in [-0.39, 0.29) is 53.5 Å². The zero-order valence-corrected chi connectivity index (χ0v) is 38.7. The van der Waals surface area contributed by atoms with Gasteiger partial charge in [-0.2, -0.15) is 0 Å². The molecule has 7 unspecified atom stereocenters. The summed E-state index contributed by atoms with van der Waals surface area (Å²) in [4.78, 5) is 38.8. The molecule has 0 aromatic carbocycles. The number of hydrogen-bond acceptors (Lipinski definition) is 11. The highest BCUT2D eigenvalue weighted by Gasteiger charge is 2.74. The van der Waals surface area contributed by atoms with Gasteiger partial charge in [-0.15, -0.1) is 0 Å². The van der Waals surface area contributed by atoms with Crippen LogP contribution in [0.15, 0.2) is 0 Å². The van der Waals surface area contributed by atoms with E-state index >= 15 is 0 Å². The Morgan fingerprint density at radius 3 is 1.21 bits per heavy atom. The summed E-state index contributed by atoms with van der Waals surface area (Å²) in [6.45, 7) is 27.7. The molecule has 1 radical (unpaired) electrons. The molecule has 3 rings (SSSR count). The van der Waals surface area contributed by atoms with Crippen LogP contribution in [0.4, 0.5) is 0 Å². The molecule has 3 aliphatic heterocycles. The van der Waals surface area contributed by atoms with Crippen molar-refractivity contribution in [3.63, 3.8) is 0 Å². The van der Waals surface area contributed by atoms with E-state index in [1.54, 1.807) is 0 Å². The Bertz CT molecular complexity index is 1030. The van der Waals surface area contributed by atoms with E-state index in [1.165, 1.54) is 0 Å². The van der Waals surface area contributed by atoms with Crippen LogP contribution in [-0.2, 0) is 33.9 Å². The molecule has 0 aromatic heterocycles. The highest BCUT2D eigenvalue weighted by Crippen LogP contribution is 2.48. The van der Waals surface area contributed by atoms with Crippen molar-refractivity contribution in [1.82, 2.24) is 0 Å². The standard InChI is InChI=1S/C29H67O11Si7/c1-22(2)15-41-44(32,18-25(7)8)40-46(20-27(11)12)34-29-33-45(19-26(9)10,36-42(30,37-46)16-23(3)4)38-43(31,17-24(5)6)39-47(41,35-29)21-28(13)14/h22-32H,15-21H2,1-14H3. The molecule has 0 aromatic rings. The Balaban J connectivity index is 2.50. The quantitative estimate of drug-likeness (QED) is 0.171. The Hall–Kier alpha value is 1.08. The van der Waals surface area contributed by atoms with E-state index < -0.39 is 65.7 Å². The molecular formula is C29H67O11Si7. The van der Waals surface area contributed by atoms with Gasteiger partial charge in [-0.1, -0.05) is 103 Å². The Morgan fingerprint density at radius 2 is 0.830 bits per heavy atom. The summed E-state index contributed by atoms with van der Waals surface area (Å²) >= 11 is 0. The second kappa shape index (κ2) is 16.0.